The Labute approximate surface area is 54.3 Å². The van der Waals surface area contributed by atoms with Crippen LogP contribution in [0.5, 0.6) is 0 Å². The van der Waals surface area contributed by atoms with Crippen LogP contribution in [0.25, 0.3) is 0 Å². The summed E-state index contributed by atoms with van der Waals surface area (Å²) in [5.74, 6) is -0.607. The molecule has 0 atom stereocenters. The lowest BCUT2D eigenvalue weighted by Gasteiger charge is -1.97. The van der Waals surface area contributed by atoms with Gasteiger partial charge < -0.3 is 0 Å². The largest absolute Gasteiger partial charge is 0.274 e. The smallest absolute Gasteiger partial charge is 0.234 e. The summed E-state index contributed by atoms with van der Waals surface area (Å²) < 4.78 is 22.8. The molecule has 0 aliphatic rings. The maximum Gasteiger partial charge on any atom is 0.234 e. The third-order valence-corrected chi connectivity index (χ3v) is 2.04. The average molecular weight is 151 g/mol. The van der Waals surface area contributed by atoms with E-state index in [-0.39, 0.29) is 5.75 Å². The SMILES string of the molecule is CCS(=O)(=O)NC(C)=O. The summed E-state index contributed by atoms with van der Waals surface area (Å²) in [7, 11) is -3.32. The van der Waals surface area contributed by atoms with E-state index in [1.54, 1.807) is 4.72 Å². The zero-order chi connectivity index (χ0) is 7.49. The number of hydrogen-bond donors (Lipinski definition) is 1. The van der Waals surface area contributed by atoms with E-state index >= 15 is 0 Å². The Morgan fingerprint density at radius 2 is 2.00 bits per heavy atom. The van der Waals surface area contributed by atoms with Gasteiger partial charge in [0.1, 0.15) is 0 Å². The fourth-order valence-corrected chi connectivity index (χ4v) is 0.873. The van der Waals surface area contributed by atoms with E-state index in [1.807, 2.05) is 0 Å². The van der Waals surface area contributed by atoms with Gasteiger partial charge in [-0.3, -0.25) is 9.52 Å². The predicted octanol–water partition coefficient (Wildman–Crippen LogP) is -0.528. The maximum atomic E-state index is 10.5. The van der Waals surface area contributed by atoms with E-state index in [1.165, 1.54) is 6.92 Å². The minimum Gasteiger partial charge on any atom is -0.274 e. The van der Waals surface area contributed by atoms with Crippen molar-refractivity contribution in [3.05, 3.63) is 0 Å². The normalized spacial score (nSPS) is 10.9. The highest BCUT2D eigenvalue weighted by Gasteiger charge is 2.05. The maximum absolute atomic E-state index is 10.5. The molecule has 0 spiro atoms. The molecule has 0 rings (SSSR count). The van der Waals surface area contributed by atoms with Crippen LogP contribution in [-0.2, 0) is 14.8 Å². The molecule has 0 saturated heterocycles. The quantitative estimate of drug-likeness (QED) is 0.577. The van der Waals surface area contributed by atoms with Gasteiger partial charge in [-0.25, -0.2) is 8.42 Å². The summed E-state index contributed by atoms with van der Waals surface area (Å²) >= 11 is 0. The number of amides is 1. The lowest BCUT2D eigenvalue weighted by atomic mass is 10.8. The summed E-state index contributed by atoms with van der Waals surface area (Å²) in [5.41, 5.74) is 0. The van der Waals surface area contributed by atoms with Crippen LogP contribution >= 0.6 is 0 Å². The fraction of sp³-hybridized carbons (Fsp3) is 0.750. The fourth-order valence-electron chi connectivity index (χ4n) is 0.291. The minimum atomic E-state index is -3.32. The number of rotatable bonds is 2. The molecular formula is C4H9NO3S. The van der Waals surface area contributed by atoms with Crippen LogP contribution in [0, 0.1) is 0 Å². The second kappa shape index (κ2) is 2.82. The Morgan fingerprint density at radius 1 is 1.56 bits per heavy atom. The molecule has 5 heteroatoms. The van der Waals surface area contributed by atoms with Crippen LogP contribution in [0.4, 0.5) is 0 Å². The molecule has 0 unspecified atom stereocenters. The van der Waals surface area contributed by atoms with Gasteiger partial charge in [0.15, 0.2) is 0 Å². The Kier molecular flexibility index (Phi) is 2.64. The Bertz CT molecular complexity index is 194. The third kappa shape index (κ3) is 3.96. The van der Waals surface area contributed by atoms with Gasteiger partial charge >= 0.3 is 0 Å². The summed E-state index contributed by atoms with van der Waals surface area (Å²) in [6.07, 6.45) is 0. The molecule has 9 heavy (non-hydrogen) atoms. The first-order valence-electron chi connectivity index (χ1n) is 2.49. The number of carbonyl (C=O) groups is 1. The lowest BCUT2D eigenvalue weighted by Crippen LogP contribution is -2.29. The molecule has 0 heterocycles. The van der Waals surface area contributed by atoms with Crippen molar-refractivity contribution in [2.24, 2.45) is 0 Å². The molecule has 0 aromatic carbocycles. The van der Waals surface area contributed by atoms with Crippen molar-refractivity contribution in [2.75, 3.05) is 5.75 Å². The van der Waals surface area contributed by atoms with Gasteiger partial charge in [-0.05, 0) is 6.92 Å². The van der Waals surface area contributed by atoms with E-state index in [2.05, 4.69) is 0 Å². The van der Waals surface area contributed by atoms with E-state index in [0.29, 0.717) is 0 Å². The summed E-state index contributed by atoms with van der Waals surface area (Å²) in [6, 6.07) is 0. The Balaban J connectivity index is 4.06. The van der Waals surface area contributed by atoms with Gasteiger partial charge in [0.2, 0.25) is 15.9 Å². The van der Waals surface area contributed by atoms with Crippen molar-refractivity contribution < 1.29 is 13.2 Å². The average Bonchev–Trinajstić information content (AvgIpc) is 1.63. The first kappa shape index (κ1) is 8.42. The molecule has 0 aliphatic heterocycles. The third-order valence-electron chi connectivity index (χ3n) is 0.679. The van der Waals surface area contributed by atoms with Crippen molar-refractivity contribution in [3.63, 3.8) is 0 Å². The molecule has 1 N–H and O–H groups in total. The monoisotopic (exact) mass is 151 g/mol. The molecule has 0 aromatic heterocycles. The molecule has 0 aromatic rings. The van der Waals surface area contributed by atoms with Crippen molar-refractivity contribution in [1.29, 1.82) is 0 Å². The van der Waals surface area contributed by atoms with E-state index < -0.39 is 15.9 Å². The zero-order valence-corrected chi connectivity index (χ0v) is 6.16. The summed E-state index contributed by atoms with van der Waals surface area (Å²) in [6.45, 7) is 2.62. The van der Waals surface area contributed by atoms with Crippen LogP contribution in [0.1, 0.15) is 13.8 Å². The molecule has 54 valence electrons. The van der Waals surface area contributed by atoms with E-state index in [9.17, 15) is 13.2 Å². The first-order valence-corrected chi connectivity index (χ1v) is 4.14. The van der Waals surface area contributed by atoms with Gasteiger partial charge in [-0.15, -0.1) is 0 Å². The van der Waals surface area contributed by atoms with Crippen molar-refractivity contribution >= 4 is 15.9 Å². The Morgan fingerprint density at radius 3 is 2.11 bits per heavy atom. The van der Waals surface area contributed by atoms with Crippen molar-refractivity contribution in [2.45, 2.75) is 13.8 Å². The summed E-state index contributed by atoms with van der Waals surface area (Å²) in [5, 5.41) is 0. The second-order valence-corrected chi connectivity index (χ2v) is 3.57. The number of hydrogen-bond acceptors (Lipinski definition) is 3. The Hall–Kier alpha value is -0.580. The van der Waals surface area contributed by atoms with Crippen LogP contribution in [-0.4, -0.2) is 20.1 Å². The van der Waals surface area contributed by atoms with E-state index in [0.717, 1.165) is 6.92 Å². The number of nitrogens with one attached hydrogen (secondary N) is 1. The van der Waals surface area contributed by atoms with Crippen LogP contribution < -0.4 is 4.72 Å². The van der Waals surface area contributed by atoms with Crippen LogP contribution in [0.3, 0.4) is 0 Å². The second-order valence-electron chi connectivity index (χ2n) is 1.56. The van der Waals surface area contributed by atoms with Gasteiger partial charge in [0, 0.05) is 6.92 Å². The van der Waals surface area contributed by atoms with Crippen molar-refractivity contribution in [3.8, 4) is 0 Å². The molecule has 0 saturated carbocycles. The minimum absolute atomic E-state index is 0.0629. The van der Waals surface area contributed by atoms with Gasteiger partial charge in [0.05, 0.1) is 5.75 Å². The van der Waals surface area contributed by atoms with Crippen LogP contribution in [0.2, 0.25) is 0 Å². The molecular weight excluding hydrogens is 142 g/mol. The zero-order valence-electron chi connectivity index (χ0n) is 5.34. The molecule has 0 bridgehead atoms. The highest BCUT2D eigenvalue weighted by atomic mass is 32.2. The topological polar surface area (TPSA) is 63.2 Å². The molecule has 0 fully saturated rings. The molecule has 0 radical (unpaired) electrons. The van der Waals surface area contributed by atoms with E-state index in [4.69, 9.17) is 0 Å². The van der Waals surface area contributed by atoms with Gasteiger partial charge in [-0.1, -0.05) is 0 Å². The lowest BCUT2D eigenvalue weighted by molar-refractivity contribution is -0.117. The number of sulfonamides is 1. The highest BCUT2D eigenvalue weighted by Crippen LogP contribution is 1.79. The molecule has 1 amide bonds. The predicted molar refractivity (Wildman–Crippen MR) is 33.3 cm³/mol. The standard InChI is InChI=1S/C4H9NO3S/c1-3-9(7,8)5-4(2)6/h3H2,1-2H3,(H,5,6). The van der Waals surface area contributed by atoms with Crippen molar-refractivity contribution in [1.82, 2.24) is 4.72 Å². The summed E-state index contributed by atoms with van der Waals surface area (Å²) in [4.78, 5) is 10.1. The van der Waals surface area contributed by atoms with Gasteiger partial charge in [-0.2, -0.15) is 0 Å². The molecule has 4 nitrogen and oxygen atoms in total. The number of carbonyl (C=O) groups excluding carboxylic acids is 1. The molecule has 0 aliphatic carbocycles. The van der Waals surface area contributed by atoms with Crippen LogP contribution in [0.15, 0.2) is 0 Å². The highest BCUT2D eigenvalue weighted by molar-refractivity contribution is 7.90. The van der Waals surface area contributed by atoms with Gasteiger partial charge in [0.25, 0.3) is 0 Å². The first-order chi connectivity index (χ1) is 3.98.